The summed E-state index contributed by atoms with van der Waals surface area (Å²) in [6.07, 6.45) is 0. The number of anilines is 1. The van der Waals surface area contributed by atoms with Crippen molar-refractivity contribution in [3.63, 3.8) is 0 Å². The number of hydrogen-bond donors (Lipinski definition) is 1. The van der Waals surface area contributed by atoms with Crippen LogP contribution in [-0.2, 0) is 0 Å². The van der Waals surface area contributed by atoms with Gasteiger partial charge in [0, 0.05) is 50.5 Å². The van der Waals surface area contributed by atoms with E-state index in [9.17, 15) is 4.39 Å². The molecule has 1 heterocycles. The van der Waals surface area contributed by atoms with Crippen molar-refractivity contribution < 1.29 is 9.13 Å². The third-order valence-corrected chi connectivity index (χ3v) is 3.15. The lowest BCUT2D eigenvalue weighted by atomic mass is 10.2. The van der Waals surface area contributed by atoms with Gasteiger partial charge in [-0.3, -0.25) is 0 Å². The van der Waals surface area contributed by atoms with Gasteiger partial charge in [0.05, 0.1) is 0 Å². The van der Waals surface area contributed by atoms with E-state index in [4.69, 9.17) is 4.74 Å². The number of ether oxygens (including phenoxy) is 1. The molecule has 1 N–H and O–H groups in total. The minimum absolute atomic E-state index is 0.240. The molecule has 0 saturated carbocycles. The van der Waals surface area contributed by atoms with Crippen LogP contribution in [0.2, 0.25) is 0 Å². The fourth-order valence-corrected chi connectivity index (χ4v) is 2.08. The van der Waals surface area contributed by atoms with Crippen molar-refractivity contribution in [2.45, 2.75) is 0 Å². The summed E-state index contributed by atoms with van der Waals surface area (Å²) in [5, 5.41) is 3.29. The lowest BCUT2D eigenvalue weighted by Gasteiger charge is -2.29. The molecule has 2 rings (SSSR count). The van der Waals surface area contributed by atoms with Gasteiger partial charge in [0.2, 0.25) is 0 Å². The van der Waals surface area contributed by atoms with Gasteiger partial charge in [-0.1, -0.05) is 0 Å². The summed E-state index contributed by atoms with van der Waals surface area (Å²) < 4.78 is 19.2. The molecule has 1 aliphatic rings. The van der Waals surface area contributed by atoms with Gasteiger partial charge in [-0.2, -0.15) is 0 Å². The fraction of sp³-hybridized carbons (Fsp3) is 0.571. The number of halogens is 1. The third-order valence-electron chi connectivity index (χ3n) is 3.15. The summed E-state index contributed by atoms with van der Waals surface area (Å²) in [6.45, 7) is 5.07. The van der Waals surface area contributed by atoms with Crippen molar-refractivity contribution in [3.05, 3.63) is 24.0 Å². The average molecular weight is 267 g/mol. The largest absolute Gasteiger partial charge is 0.492 e. The molecule has 4 nitrogen and oxygen atoms in total. The Bertz CT molecular complexity index is 406. The van der Waals surface area contributed by atoms with E-state index in [0.717, 1.165) is 38.4 Å². The van der Waals surface area contributed by atoms with Gasteiger partial charge in [-0.15, -0.1) is 0 Å². The molecule has 0 radical (unpaired) electrons. The monoisotopic (exact) mass is 267 g/mol. The standard InChI is InChI=1S/C14H22FN3O/c1-17(2)7-8-19-14-10-12(15)9-13(11-14)18-5-3-16-4-6-18/h9-11,16H,3-8H2,1-2H3. The molecule has 0 aromatic heterocycles. The van der Waals surface area contributed by atoms with Crippen molar-refractivity contribution in [3.8, 4) is 5.75 Å². The molecule has 0 bridgehead atoms. The normalized spacial score (nSPS) is 15.9. The molecule has 19 heavy (non-hydrogen) atoms. The van der Waals surface area contributed by atoms with Gasteiger partial charge in [0.15, 0.2) is 0 Å². The first-order valence-corrected chi connectivity index (χ1v) is 6.69. The maximum absolute atomic E-state index is 13.6. The summed E-state index contributed by atoms with van der Waals surface area (Å²) >= 11 is 0. The van der Waals surface area contributed by atoms with Crippen LogP contribution in [0, 0.1) is 5.82 Å². The zero-order valence-electron chi connectivity index (χ0n) is 11.7. The van der Waals surface area contributed by atoms with Gasteiger partial charge in [-0.05, 0) is 20.2 Å². The molecular formula is C14H22FN3O. The van der Waals surface area contributed by atoms with E-state index >= 15 is 0 Å². The average Bonchev–Trinajstić information content (AvgIpc) is 2.39. The Morgan fingerprint density at radius 3 is 2.68 bits per heavy atom. The Kier molecular flexibility index (Phi) is 4.99. The molecule has 106 valence electrons. The molecule has 1 aromatic rings. The Balaban J connectivity index is 2.01. The van der Waals surface area contributed by atoms with Crippen LogP contribution in [0.1, 0.15) is 0 Å². The van der Waals surface area contributed by atoms with Crippen molar-refractivity contribution in [1.29, 1.82) is 0 Å². The van der Waals surface area contributed by atoms with Crippen LogP contribution in [-0.4, -0.2) is 58.3 Å². The first kappa shape index (κ1) is 14.1. The second kappa shape index (κ2) is 6.73. The second-order valence-corrected chi connectivity index (χ2v) is 5.03. The van der Waals surface area contributed by atoms with Crippen LogP contribution in [0.4, 0.5) is 10.1 Å². The quantitative estimate of drug-likeness (QED) is 0.867. The molecule has 0 aliphatic carbocycles. The van der Waals surface area contributed by atoms with E-state index in [1.807, 2.05) is 25.1 Å². The van der Waals surface area contributed by atoms with Gasteiger partial charge in [0.25, 0.3) is 0 Å². The predicted octanol–water partition coefficient (Wildman–Crippen LogP) is 1.18. The van der Waals surface area contributed by atoms with Crippen molar-refractivity contribution in [2.24, 2.45) is 0 Å². The Hall–Kier alpha value is -1.33. The SMILES string of the molecule is CN(C)CCOc1cc(F)cc(N2CCNCC2)c1. The summed E-state index contributed by atoms with van der Waals surface area (Å²) in [6, 6.07) is 4.94. The van der Waals surface area contributed by atoms with Crippen molar-refractivity contribution >= 4 is 5.69 Å². The van der Waals surface area contributed by atoms with Crippen LogP contribution >= 0.6 is 0 Å². The maximum atomic E-state index is 13.6. The molecule has 1 aliphatic heterocycles. The molecule has 1 fully saturated rings. The van der Waals surface area contributed by atoms with Gasteiger partial charge in [-0.25, -0.2) is 4.39 Å². The van der Waals surface area contributed by atoms with E-state index in [1.165, 1.54) is 6.07 Å². The van der Waals surface area contributed by atoms with E-state index in [-0.39, 0.29) is 5.82 Å². The van der Waals surface area contributed by atoms with Gasteiger partial charge in [0.1, 0.15) is 18.2 Å². The number of hydrogen-bond acceptors (Lipinski definition) is 4. The highest BCUT2D eigenvalue weighted by Crippen LogP contribution is 2.23. The minimum atomic E-state index is -0.240. The van der Waals surface area contributed by atoms with E-state index in [1.54, 1.807) is 6.07 Å². The highest BCUT2D eigenvalue weighted by Gasteiger charge is 2.12. The van der Waals surface area contributed by atoms with E-state index in [0.29, 0.717) is 12.4 Å². The first-order chi connectivity index (χ1) is 9.15. The maximum Gasteiger partial charge on any atom is 0.128 e. The molecule has 0 amide bonds. The smallest absolute Gasteiger partial charge is 0.128 e. The predicted molar refractivity (Wildman–Crippen MR) is 75.5 cm³/mol. The molecule has 0 unspecified atom stereocenters. The molecule has 0 atom stereocenters. The summed E-state index contributed by atoms with van der Waals surface area (Å²) in [7, 11) is 3.97. The number of likely N-dealkylation sites (N-methyl/N-ethyl adjacent to an activating group) is 1. The Labute approximate surface area is 114 Å². The van der Waals surface area contributed by atoms with E-state index < -0.39 is 0 Å². The molecular weight excluding hydrogens is 245 g/mol. The number of rotatable bonds is 5. The van der Waals surface area contributed by atoms with Crippen LogP contribution in [0.5, 0.6) is 5.75 Å². The zero-order chi connectivity index (χ0) is 13.7. The lowest BCUT2D eigenvalue weighted by molar-refractivity contribution is 0.260. The van der Waals surface area contributed by atoms with Crippen LogP contribution in [0.15, 0.2) is 18.2 Å². The highest BCUT2D eigenvalue weighted by atomic mass is 19.1. The fourth-order valence-electron chi connectivity index (χ4n) is 2.08. The molecule has 1 saturated heterocycles. The Morgan fingerprint density at radius 2 is 2.00 bits per heavy atom. The second-order valence-electron chi connectivity index (χ2n) is 5.03. The summed E-state index contributed by atoms with van der Waals surface area (Å²) in [5.74, 6) is 0.367. The van der Waals surface area contributed by atoms with Gasteiger partial charge < -0.3 is 19.9 Å². The molecule has 5 heteroatoms. The van der Waals surface area contributed by atoms with Crippen LogP contribution in [0.25, 0.3) is 0 Å². The zero-order valence-corrected chi connectivity index (χ0v) is 11.7. The molecule has 0 spiro atoms. The number of benzene rings is 1. The van der Waals surface area contributed by atoms with Gasteiger partial charge >= 0.3 is 0 Å². The topological polar surface area (TPSA) is 27.7 Å². The van der Waals surface area contributed by atoms with Crippen molar-refractivity contribution in [1.82, 2.24) is 10.2 Å². The number of nitrogens with one attached hydrogen (secondary N) is 1. The first-order valence-electron chi connectivity index (χ1n) is 6.69. The molecule has 1 aromatic carbocycles. The number of piperazine rings is 1. The third kappa shape index (κ3) is 4.36. The summed E-state index contributed by atoms with van der Waals surface area (Å²) in [5.41, 5.74) is 0.904. The van der Waals surface area contributed by atoms with Crippen LogP contribution in [0.3, 0.4) is 0 Å². The van der Waals surface area contributed by atoms with Crippen LogP contribution < -0.4 is 15.0 Å². The summed E-state index contributed by atoms with van der Waals surface area (Å²) in [4.78, 5) is 4.22. The number of nitrogens with zero attached hydrogens (tertiary/aromatic N) is 2. The highest BCUT2D eigenvalue weighted by molar-refractivity contribution is 5.51. The van der Waals surface area contributed by atoms with Crippen molar-refractivity contribution in [2.75, 3.05) is 58.3 Å². The lowest BCUT2D eigenvalue weighted by Crippen LogP contribution is -2.43. The minimum Gasteiger partial charge on any atom is -0.492 e. The Morgan fingerprint density at radius 1 is 1.26 bits per heavy atom. The van der Waals surface area contributed by atoms with E-state index in [2.05, 4.69) is 10.2 Å².